The van der Waals surface area contributed by atoms with Crippen molar-refractivity contribution in [3.63, 3.8) is 0 Å². The van der Waals surface area contributed by atoms with E-state index in [0.717, 1.165) is 0 Å². The lowest BCUT2D eigenvalue weighted by molar-refractivity contribution is -0.174. The summed E-state index contributed by atoms with van der Waals surface area (Å²) < 4.78 is 18.1. The predicted octanol–water partition coefficient (Wildman–Crippen LogP) is 2.95. The molecule has 2 heterocycles. The maximum absolute atomic E-state index is 12.8. The number of likely N-dealkylation sites (N-methyl/N-ethyl adjacent to an activating group) is 1. The number of carbonyl (C=O) groups excluding carboxylic acids is 2. The third kappa shape index (κ3) is 4.27. The van der Waals surface area contributed by atoms with Crippen LogP contribution in [0.1, 0.15) is 34.6 Å². The van der Waals surface area contributed by atoms with Crippen LogP contribution in [0.2, 0.25) is 0 Å². The smallest absolute Gasteiger partial charge is 0.253 e. The van der Waals surface area contributed by atoms with E-state index >= 15 is 0 Å². The van der Waals surface area contributed by atoms with Crippen molar-refractivity contribution in [3.05, 3.63) is 83.3 Å². The Hall–Kier alpha value is -3.32. The molecule has 2 aliphatic heterocycles. The number of ether oxygens (including phenoxy) is 3. The summed E-state index contributed by atoms with van der Waals surface area (Å²) in [6.45, 7) is 4.27. The number of benzene rings is 2. The van der Waals surface area contributed by atoms with Gasteiger partial charge in [-0.1, -0.05) is 36.4 Å². The number of rotatable bonds is 6. The molecule has 7 nitrogen and oxygen atoms in total. The molecule has 162 valence electrons. The maximum Gasteiger partial charge on any atom is 0.253 e. The molecule has 0 unspecified atom stereocenters. The van der Waals surface area contributed by atoms with E-state index in [1.165, 1.54) is 0 Å². The fraction of sp³-hybridized carbons (Fsp3) is 0.333. The Morgan fingerprint density at radius 1 is 1.00 bits per heavy atom. The normalized spacial score (nSPS) is 21.1. The summed E-state index contributed by atoms with van der Waals surface area (Å²) in [4.78, 5) is 26.9. The summed E-state index contributed by atoms with van der Waals surface area (Å²) in [7, 11) is 1.73. The summed E-state index contributed by atoms with van der Waals surface area (Å²) in [5.41, 5.74) is 0.240. The summed E-state index contributed by atoms with van der Waals surface area (Å²) in [5.74, 6) is -0.156. The van der Waals surface area contributed by atoms with Crippen LogP contribution in [-0.4, -0.2) is 54.8 Å². The molecule has 2 aromatic carbocycles. The largest absolute Gasteiger partial charge is 0.489 e. The van der Waals surface area contributed by atoms with Crippen LogP contribution in [0.25, 0.3) is 0 Å². The number of fused-ring (bicyclic) bond motifs is 1. The van der Waals surface area contributed by atoms with Gasteiger partial charge in [0.15, 0.2) is 17.1 Å². The minimum atomic E-state index is -0.921. The van der Waals surface area contributed by atoms with Gasteiger partial charge in [-0.2, -0.15) is 0 Å². The molecular formula is C24H26N2O5. The lowest BCUT2D eigenvalue weighted by atomic mass is 10.0. The van der Waals surface area contributed by atoms with E-state index in [0.29, 0.717) is 22.6 Å². The van der Waals surface area contributed by atoms with Crippen LogP contribution in [-0.2, 0) is 14.2 Å². The van der Waals surface area contributed by atoms with Gasteiger partial charge >= 0.3 is 0 Å². The standard InChI is InChI=1S/C24H26N2O5/c1-23(2)30-20-19(14-25-21(27)17-10-6-4-7-11-17)29-16-24(20,31-23)15-26(3)22(28)18-12-8-5-9-13-18/h4-13H,14-16H2,1-3H3,(H,25,27)/t24-/m0/s1. The van der Waals surface area contributed by atoms with Crippen molar-refractivity contribution in [2.75, 3.05) is 26.7 Å². The molecule has 0 bridgehead atoms. The highest BCUT2D eigenvalue weighted by Crippen LogP contribution is 2.45. The van der Waals surface area contributed by atoms with E-state index in [-0.39, 0.29) is 31.5 Å². The molecule has 31 heavy (non-hydrogen) atoms. The van der Waals surface area contributed by atoms with Gasteiger partial charge in [0.05, 0.1) is 13.1 Å². The first-order valence-corrected chi connectivity index (χ1v) is 10.2. The van der Waals surface area contributed by atoms with Gasteiger partial charge in [-0.15, -0.1) is 0 Å². The Balaban J connectivity index is 1.51. The Morgan fingerprint density at radius 2 is 1.61 bits per heavy atom. The second kappa shape index (κ2) is 8.07. The summed E-state index contributed by atoms with van der Waals surface area (Å²) in [6.07, 6.45) is 0. The maximum atomic E-state index is 12.8. The number of carbonyl (C=O) groups is 2. The van der Waals surface area contributed by atoms with E-state index < -0.39 is 11.4 Å². The average Bonchev–Trinajstić information content (AvgIpc) is 3.21. The van der Waals surface area contributed by atoms with Gasteiger partial charge in [-0.25, -0.2) is 0 Å². The van der Waals surface area contributed by atoms with Crippen molar-refractivity contribution in [2.24, 2.45) is 0 Å². The molecule has 7 heteroatoms. The first-order valence-electron chi connectivity index (χ1n) is 10.2. The molecule has 2 aliphatic rings. The molecule has 2 amide bonds. The molecule has 0 radical (unpaired) electrons. The van der Waals surface area contributed by atoms with Crippen molar-refractivity contribution in [1.29, 1.82) is 0 Å². The van der Waals surface area contributed by atoms with Crippen LogP contribution in [0.4, 0.5) is 0 Å². The Labute approximate surface area is 181 Å². The van der Waals surface area contributed by atoms with Crippen molar-refractivity contribution in [3.8, 4) is 0 Å². The van der Waals surface area contributed by atoms with Crippen molar-refractivity contribution in [2.45, 2.75) is 25.2 Å². The van der Waals surface area contributed by atoms with E-state index in [9.17, 15) is 9.59 Å². The molecule has 0 aliphatic carbocycles. The number of hydrogen-bond donors (Lipinski definition) is 1. The SMILES string of the molecule is CN(C[C@]12COC(CNC(=O)c3ccccc3)=C1OC(C)(C)O2)C(=O)c1ccccc1. The molecule has 1 fully saturated rings. The molecule has 1 saturated heterocycles. The van der Waals surface area contributed by atoms with Gasteiger partial charge in [0.2, 0.25) is 5.79 Å². The number of nitrogens with zero attached hydrogens (tertiary/aromatic N) is 1. The third-order valence-corrected chi connectivity index (χ3v) is 5.24. The minimum Gasteiger partial charge on any atom is -0.489 e. The van der Waals surface area contributed by atoms with Gasteiger partial charge in [-0.3, -0.25) is 9.59 Å². The Kier molecular flexibility index (Phi) is 5.45. The van der Waals surface area contributed by atoms with Crippen LogP contribution in [0.15, 0.2) is 72.2 Å². The van der Waals surface area contributed by atoms with Crippen LogP contribution in [0, 0.1) is 0 Å². The van der Waals surface area contributed by atoms with Crippen molar-refractivity contribution in [1.82, 2.24) is 10.2 Å². The zero-order valence-corrected chi connectivity index (χ0v) is 17.9. The topological polar surface area (TPSA) is 77.1 Å². The van der Waals surface area contributed by atoms with Crippen LogP contribution < -0.4 is 5.32 Å². The van der Waals surface area contributed by atoms with Crippen LogP contribution in [0.5, 0.6) is 0 Å². The second-order valence-corrected chi connectivity index (χ2v) is 8.22. The highest BCUT2D eigenvalue weighted by Gasteiger charge is 2.57. The van der Waals surface area contributed by atoms with Gasteiger partial charge < -0.3 is 24.4 Å². The zero-order valence-electron chi connectivity index (χ0n) is 17.9. The van der Waals surface area contributed by atoms with E-state index in [1.54, 1.807) is 36.2 Å². The van der Waals surface area contributed by atoms with E-state index in [1.807, 2.05) is 50.2 Å². The van der Waals surface area contributed by atoms with Crippen molar-refractivity contribution >= 4 is 11.8 Å². The van der Waals surface area contributed by atoms with Crippen LogP contribution >= 0.6 is 0 Å². The lowest BCUT2D eigenvalue weighted by Crippen LogP contribution is -2.47. The third-order valence-electron chi connectivity index (χ3n) is 5.24. The number of amides is 2. The fourth-order valence-corrected chi connectivity index (χ4v) is 3.94. The molecule has 0 aromatic heterocycles. The number of hydrogen-bond acceptors (Lipinski definition) is 5. The Morgan fingerprint density at radius 3 is 2.26 bits per heavy atom. The highest BCUT2D eigenvalue weighted by atomic mass is 16.8. The zero-order chi connectivity index (χ0) is 22.1. The van der Waals surface area contributed by atoms with Crippen LogP contribution in [0.3, 0.4) is 0 Å². The minimum absolute atomic E-state index is 0.117. The van der Waals surface area contributed by atoms with Gasteiger partial charge in [0, 0.05) is 32.0 Å². The fourth-order valence-electron chi connectivity index (χ4n) is 3.94. The van der Waals surface area contributed by atoms with Crippen molar-refractivity contribution < 1.29 is 23.8 Å². The molecular weight excluding hydrogens is 396 g/mol. The highest BCUT2D eigenvalue weighted by molar-refractivity contribution is 5.94. The summed E-state index contributed by atoms with van der Waals surface area (Å²) >= 11 is 0. The lowest BCUT2D eigenvalue weighted by Gasteiger charge is -2.29. The second-order valence-electron chi connectivity index (χ2n) is 8.22. The van der Waals surface area contributed by atoms with Gasteiger partial charge in [0.25, 0.3) is 11.8 Å². The predicted molar refractivity (Wildman–Crippen MR) is 114 cm³/mol. The summed E-state index contributed by atoms with van der Waals surface area (Å²) in [6, 6.07) is 18.0. The molecule has 1 atom stereocenters. The molecule has 2 aromatic rings. The van der Waals surface area contributed by atoms with E-state index in [4.69, 9.17) is 14.2 Å². The van der Waals surface area contributed by atoms with E-state index in [2.05, 4.69) is 5.32 Å². The van der Waals surface area contributed by atoms with Gasteiger partial charge in [0.1, 0.15) is 6.61 Å². The summed E-state index contributed by atoms with van der Waals surface area (Å²) in [5, 5.41) is 2.86. The first-order chi connectivity index (χ1) is 14.8. The molecule has 4 rings (SSSR count). The first kappa shape index (κ1) is 20.9. The average molecular weight is 422 g/mol. The quantitative estimate of drug-likeness (QED) is 0.775. The number of nitrogens with one attached hydrogen (secondary N) is 1. The molecule has 0 saturated carbocycles. The van der Waals surface area contributed by atoms with Gasteiger partial charge in [-0.05, 0) is 24.3 Å². The monoisotopic (exact) mass is 422 g/mol. The molecule has 0 spiro atoms. The molecule has 1 N–H and O–H groups in total. The Bertz CT molecular complexity index is 1000.